The highest BCUT2D eigenvalue weighted by molar-refractivity contribution is 8.14. The molecular formula is C32H31Cl3F6O3S3. The Morgan fingerprint density at radius 3 is 1.32 bits per heavy atom. The van der Waals surface area contributed by atoms with E-state index in [4.69, 9.17) is 23.2 Å². The standard InChI is InChI=1S/2C11H11ClF2OS.C10H9ClF2OS/c1-8-2-4-9(5-3-8)16-10(15)6-7-11(12,13)14;12-11(13,14)7-6-10(15)16-8-9-4-2-1-3-5-9;11-10(12,13)7-6-9(14)15-8-4-2-1-3-5-8/h2-5H,6-7H2,1H3;1-5H,6-8H2;1-5H,6-7H2. The molecule has 0 radical (unpaired) electrons. The lowest BCUT2D eigenvalue weighted by Crippen LogP contribution is -2.07. The summed E-state index contributed by atoms with van der Waals surface area (Å²) in [5.41, 5.74) is 2.09. The quantitative estimate of drug-likeness (QED) is 0.0978. The van der Waals surface area contributed by atoms with Gasteiger partial charge in [-0.15, -0.1) is 0 Å². The minimum Gasteiger partial charge on any atom is -0.287 e. The summed E-state index contributed by atoms with van der Waals surface area (Å²) in [7, 11) is 0. The van der Waals surface area contributed by atoms with Crippen LogP contribution in [0.4, 0.5) is 26.3 Å². The van der Waals surface area contributed by atoms with Gasteiger partial charge in [-0.05, 0) is 71.6 Å². The summed E-state index contributed by atoms with van der Waals surface area (Å²) in [6, 6.07) is 25.6. The van der Waals surface area contributed by atoms with Crippen LogP contribution in [0.2, 0.25) is 0 Å². The van der Waals surface area contributed by atoms with Gasteiger partial charge in [-0.1, -0.05) is 102 Å². The van der Waals surface area contributed by atoms with Crippen molar-refractivity contribution < 1.29 is 40.7 Å². The zero-order valence-corrected chi connectivity index (χ0v) is 29.6. The monoisotopic (exact) mass is 778 g/mol. The van der Waals surface area contributed by atoms with Gasteiger partial charge < -0.3 is 0 Å². The first-order valence-electron chi connectivity index (χ1n) is 13.7. The summed E-state index contributed by atoms with van der Waals surface area (Å²) < 4.78 is 73.5. The Morgan fingerprint density at radius 1 is 0.553 bits per heavy atom. The second-order valence-electron chi connectivity index (χ2n) is 9.57. The van der Waals surface area contributed by atoms with E-state index in [0.29, 0.717) is 5.75 Å². The molecule has 0 aliphatic carbocycles. The number of benzene rings is 3. The van der Waals surface area contributed by atoms with Crippen molar-refractivity contribution in [2.75, 3.05) is 0 Å². The third kappa shape index (κ3) is 25.8. The van der Waals surface area contributed by atoms with Crippen LogP contribution in [0.5, 0.6) is 0 Å². The van der Waals surface area contributed by atoms with Gasteiger partial charge >= 0.3 is 16.1 Å². The van der Waals surface area contributed by atoms with E-state index in [9.17, 15) is 40.7 Å². The normalized spacial score (nSPS) is 11.4. The van der Waals surface area contributed by atoms with Gasteiger partial charge in [-0.3, -0.25) is 14.4 Å². The van der Waals surface area contributed by atoms with Crippen LogP contribution >= 0.6 is 70.1 Å². The highest BCUT2D eigenvalue weighted by atomic mass is 35.5. The minimum atomic E-state index is -3.29. The Hall–Kier alpha value is -1.83. The lowest BCUT2D eigenvalue weighted by atomic mass is 10.2. The van der Waals surface area contributed by atoms with Crippen molar-refractivity contribution >= 4 is 85.4 Å². The molecule has 0 atom stereocenters. The zero-order chi connectivity index (χ0) is 35.5. The largest absolute Gasteiger partial charge is 0.322 e. The molecule has 0 amide bonds. The first-order chi connectivity index (χ1) is 21.8. The molecule has 3 rings (SSSR count). The van der Waals surface area contributed by atoms with Gasteiger partial charge in [0.2, 0.25) is 0 Å². The number of aryl methyl sites for hydroxylation is 1. The van der Waals surface area contributed by atoms with Gasteiger partial charge in [0.25, 0.3) is 0 Å². The molecule has 0 aliphatic heterocycles. The maximum atomic E-state index is 12.3. The second-order valence-corrected chi connectivity index (χ2v) is 14.5. The highest BCUT2D eigenvalue weighted by Gasteiger charge is 2.27. The van der Waals surface area contributed by atoms with Crippen LogP contribution in [-0.4, -0.2) is 31.5 Å². The fraction of sp³-hybridized carbons (Fsp3) is 0.344. The zero-order valence-electron chi connectivity index (χ0n) is 24.9. The highest BCUT2D eigenvalue weighted by Crippen LogP contribution is 2.30. The Bertz CT molecular complexity index is 1350. The van der Waals surface area contributed by atoms with Crippen LogP contribution in [0.25, 0.3) is 0 Å². The molecule has 0 spiro atoms. The molecule has 3 nitrogen and oxygen atoms in total. The van der Waals surface area contributed by atoms with Crippen molar-refractivity contribution in [2.45, 2.75) is 77.1 Å². The molecule has 0 heterocycles. The molecule has 0 fully saturated rings. The number of hydrogen-bond donors (Lipinski definition) is 0. The van der Waals surface area contributed by atoms with Crippen LogP contribution in [0.1, 0.15) is 49.7 Å². The Morgan fingerprint density at radius 2 is 0.915 bits per heavy atom. The van der Waals surface area contributed by atoms with E-state index in [-0.39, 0.29) is 34.6 Å². The molecule has 0 saturated carbocycles. The van der Waals surface area contributed by atoms with Gasteiger partial charge in [0, 0.05) is 54.1 Å². The summed E-state index contributed by atoms with van der Waals surface area (Å²) in [4.78, 5) is 35.3. The summed E-state index contributed by atoms with van der Waals surface area (Å²) >= 11 is 17.0. The molecule has 0 aliphatic rings. The minimum absolute atomic E-state index is 0.200. The first-order valence-corrected chi connectivity index (χ1v) is 17.5. The number of carbonyl (C=O) groups is 3. The van der Waals surface area contributed by atoms with E-state index in [2.05, 4.69) is 11.6 Å². The van der Waals surface area contributed by atoms with E-state index < -0.39 is 35.4 Å². The maximum Gasteiger partial charge on any atom is 0.322 e. The summed E-state index contributed by atoms with van der Waals surface area (Å²) in [5, 5.41) is -10.7. The average molecular weight is 780 g/mol. The van der Waals surface area contributed by atoms with Crippen molar-refractivity contribution in [1.29, 1.82) is 0 Å². The van der Waals surface area contributed by atoms with Crippen molar-refractivity contribution in [3.05, 3.63) is 96.1 Å². The predicted octanol–water partition coefficient (Wildman–Crippen LogP) is 12.2. The topological polar surface area (TPSA) is 51.2 Å². The molecule has 0 N–H and O–H groups in total. The number of hydrogen-bond acceptors (Lipinski definition) is 6. The van der Waals surface area contributed by atoms with Crippen molar-refractivity contribution in [1.82, 2.24) is 0 Å². The van der Waals surface area contributed by atoms with Crippen LogP contribution in [0.15, 0.2) is 94.7 Å². The number of thioether (sulfide) groups is 3. The molecule has 3 aromatic rings. The number of rotatable bonds is 13. The lowest BCUT2D eigenvalue weighted by molar-refractivity contribution is -0.112. The van der Waals surface area contributed by atoms with Crippen LogP contribution in [-0.2, 0) is 20.1 Å². The van der Waals surface area contributed by atoms with Gasteiger partial charge in [0.1, 0.15) is 0 Å². The number of carbonyl (C=O) groups excluding carboxylic acids is 3. The molecule has 0 bridgehead atoms. The Labute approximate surface area is 297 Å². The summed E-state index contributed by atoms with van der Waals surface area (Å²) in [6.07, 6.45) is -2.49. The molecule has 0 aromatic heterocycles. The fourth-order valence-corrected chi connectivity index (χ4v) is 5.55. The Balaban J connectivity index is 0.000000353. The molecule has 0 unspecified atom stereocenters. The summed E-state index contributed by atoms with van der Waals surface area (Å²) in [6.45, 7) is 1.93. The smallest absolute Gasteiger partial charge is 0.287 e. The molecule has 15 heteroatoms. The van der Waals surface area contributed by atoms with E-state index in [0.717, 1.165) is 56.2 Å². The molecule has 47 heavy (non-hydrogen) atoms. The number of alkyl halides is 9. The molecular weight excluding hydrogens is 749 g/mol. The third-order valence-electron chi connectivity index (χ3n) is 5.31. The van der Waals surface area contributed by atoms with Crippen molar-refractivity contribution in [3.63, 3.8) is 0 Å². The van der Waals surface area contributed by atoms with Crippen molar-refractivity contribution in [2.24, 2.45) is 0 Å². The molecule has 258 valence electrons. The maximum absolute atomic E-state index is 12.3. The van der Waals surface area contributed by atoms with E-state index in [1.54, 1.807) is 36.4 Å². The van der Waals surface area contributed by atoms with Gasteiger partial charge in [-0.25, -0.2) is 0 Å². The lowest BCUT2D eigenvalue weighted by Gasteiger charge is -2.06. The number of halogens is 9. The third-order valence-corrected chi connectivity index (χ3v) is 8.76. The van der Waals surface area contributed by atoms with Crippen LogP contribution in [0, 0.1) is 6.92 Å². The predicted molar refractivity (Wildman–Crippen MR) is 182 cm³/mol. The Kier molecular flexibility index (Phi) is 20.2. The van der Waals surface area contributed by atoms with Crippen molar-refractivity contribution in [3.8, 4) is 0 Å². The SMILES string of the molecule is Cc1ccc(SC(=O)CCC(F)(F)Cl)cc1.O=C(CCC(F)(F)Cl)SCc1ccccc1.O=C(CCC(F)(F)Cl)Sc1ccccc1. The first kappa shape index (κ1) is 43.2. The average Bonchev–Trinajstić information content (AvgIpc) is 2.99. The van der Waals surface area contributed by atoms with Gasteiger partial charge in [-0.2, -0.15) is 26.3 Å². The van der Waals surface area contributed by atoms with Gasteiger partial charge in [0.15, 0.2) is 15.3 Å². The van der Waals surface area contributed by atoms with E-state index >= 15 is 0 Å². The van der Waals surface area contributed by atoms with Crippen LogP contribution in [0.3, 0.4) is 0 Å². The van der Waals surface area contributed by atoms with Gasteiger partial charge in [0.05, 0.1) is 0 Å². The van der Waals surface area contributed by atoms with E-state index in [1.807, 2.05) is 55.5 Å². The second kappa shape index (κ2) is 22.0. The molecule has 0 saturated heterocycles. The van der Waals surface area contributed by atoms with Crippen LogP contribution < -0.4 is 0 Å². The summed E-state index contributed by atoms with van der Waals surface area (Å²) in [5.74, 6) is 0.507. The molecule has 3 aromatic carbocycles. The van der Waals surface area contributed by atoms with E-state index in [1.165, 1.54) is 0 Å². The fourth-order valence-electron chi connectivity index (χ4n) is 3.00.